The number of carboxylic acids is 4. The van der Waals surface area contributed by atoms with Crippen molar-refractivity contribution in [2.75, 3.05) is 24.6 Å². The molecule has 0 heterocycles. The Morgan fingerprint density at radius 2 is 0.824 bits per heavy atom. The molecule has 6 N–H and O–H groups in total. The molecule has 0 unspecified atom stereocenters. The van der Waals surface area contributed by atoms with Gasteiger partial charge in [0.25, 0.3) is 0 Å². The van der Waals surface area contributed by atoms with Crippen LogP contribution in [0.25, 0.3) is 0 Å². The maximum absolute atomic E-state index is 10.2. The second kappa shape index (κ2) is 28.8. The van der Waals surface area contributed by atoms with Crippen LogP contribution >= 0.6 is 24.4 Å². The molecule has 0 aromatic rings. The van der Waals surface area contributed by atoms with Gasteiger partial charge in [0, 0.05) is 38.8 Å². The summed E-state index contributed by atoms with van der Waals surface area (Å²) < 4.78 is 1.30. The molecule has 0 saturated heterocycles. The third-order valence-electron chi connectivity index (χ3n) is 3.30. The van der Waals surface area contributed by atoms with Gasteiger partial charge in [-0.15, -0.1) is 11.5 Å². The zero-order valence-corrected chi connectivity index (χ0v) is 23.0. The van der Waals surface area contributed by atoms with E-state index >= 15 is 0 Å². The van der Waals surface area contributed by atoms with Gasteiger partial charge in [0.1, 0.15) is 0 Å². The van der Waals surface area contributed by atoms with E-state index in [1.54, 1.807) is 0 Å². The van der Waals surface area contributed by atoms with Crippen molar-refractivity contribution in [1.82, 2.24) is 10.6 Å². The smallest absolute Gasteiger partial charge is 0.481 e. The molecule has 0 aromatic carbocycles. The van der Waals surface area contributed by atoms with Gasteiger partial charge in [0.15, 0.2) is 0 Å². The zero-order valence-electron chi connectivity index (χ0n) is 19.6. The summed E-state index contributed by atoms with van der Waals surface area (Å²) in [5.41, 5.74) is 0. The van der Waals surface area contributed by atoms with Crippen LogP contribution < -0.4 is 48.4 Å². The fraction of sp³-hybridized carbons (Fsp3) is 0.667. The second-order valence-electron chi connectivity index (χ2n) is 6.22. The topological polar surface area (TPSA) is 173 Å². The van der Waals surface area contributed by atoms with Crippen LogP contribution in [0.1, 0.15) is 51.4 Å². The van der Waals surface area contributed by atoms with Crippen molar-refractivity contribution < 1.29 is 77.3 Å². The minimum atomic E-state index is -0.813. The van der Waals surface area contributed by atoms with Crippen LogP contribution in [0.4, 0.5) is 0 Å². The maximum Gasteiger partial charge on any atom is 1.00 e. The Kier molecular flexibility index (Phi) is 34.5. The number of nitrogens with one attached hydrogen (secondary N) is 2. The van der Waals surface area contributed by atoms with Gasteiger partial charge in [-0.3, -0.25) is 19.2 Å². The van der Waals surface area contributed by atoms with Gasteiger partial charge in [-0.05, 0) is 21.5 Å². The average molecular weight is 547 g/mol. The van der Waals surface area contributed by atoms with E-state index in [0.29, 0.717) is 47.4 Å². The zero-order chi connectivity index (χ0) is 24.8. The third-order valence-corrected chi connectivity index (χ3v) is 6.33. The summed E-state index contributed by atoms with van der Waals surface area (Å²) in [6, 6.07) is 0. The Morgan fingerprint density at radius 3 is 1.09 bits per heavy atom. The van der Waals surface area contributed by atoms with E-state index in [-0.39, 0.29) is 63.4 Å². The molecule has 0 aromatic heterocycles. The van der Waals surface area contributed by atoms with Crippen LogP contribution in [0.2, 0.25) is 0 Å². The van der Waals surface area contributed by atoms with Gasteiger partial charge in [0.2, 0.25) is 0 Å². The molecular weight excluding hydrogens is 514 g/mol. The molecule has 0 radical (unpaired) electrons. The number of carboxylic acid groups (broad SMARTS) is 4. The van der Waals surface area contributed by atoms with Crippen molar-refractivity contribution in [2.45, 2.75) is 51.4 Å². The SMILES string of the molecule is O=C(O)CCCNC(=S)[SH-]CCCC(=O)O.O=C(O)CCCNC(=S)[SH-]CCCC(=O)O.[Li+].[Li+]. The third kappa shape index (κ3) is 38.8. The van der Waals surface area contributed by atoms with E-state index in [9.17, 15) is 19.2 Å². The van der Waals surface area contributed by atoms with E-state index in [4.69, 9.17) is 44.9 Å². The van der Waals surface area contributed by atoms with E-state index in [0.717, 1.165) is 35.0 Å². The first-order chi connectivity index (χ1) is 15.0. The second-order valence-corrected chi connectivity index (χ2v) is 10.1. The number of aliphatic carboxylic acids is 4. The molecule has 0 aliphatic rings. The predicted octanol–water partition coefficient (Wildman–Crippen LogP) is -5.18. The fourth-order valence-corrected chi connectivity index (χ4v) is 4.04. The standard InChI is InChI=1S/2C9H16NO4S2.2Li/c2*11-7(12)3-1-5-10-9(15)16-6-2-4-8(13)14;;/h2*16H,1-6H2,(H,10,15)(H,11,12)(H,13,14);;/q2*-1;2*+1. The fourth-order valence-electron chi connectivity index (χ4n) is 1.80. The molecule has 0 fully saturated rings. The molecule has 0 bridgehead atoms. The minimum absolute atomic E-state index is 0. The molecule has 34 heavy (non-hydrogen) atoms. The van der Waals surface area contributed by atoms with Crippen LogP contribution in [-0.4, -0.2) is 77.5 Å². The number of hydrogen-bond donors (Lipinski definition) is 6. The van der Waals surface area contributed by atoms with Gasteiger partial charge in [-0.1, -0.05) is 37.3 Å². The summed E-state index contributed by atoms with van der Waals surface area (Å²) >= 11 is 11.8. The Labute approximate surface area is 242 Å². The minimum Gasteiger partial charge on any atom is -0.481 e. The predicted molar refractivity (Wildman–Crippen MR) is 136 cm³/mol. The van der Waals surface area contributed by atoms with Gasteiger partial charge in [-0.25, -0.2) is 0 Å². The summed E-state index contributed by atoms with van der Waals surface area (Å²) in [6.07, 6.45) is 2.88. The van der Waals surface area contributed by atoms with Gasteiger partial charge in [0.05, 0.1) is 0 Å². The Balaban J connectivity index is -0.000000250. The van der Waals surface area contributed by atoms with Gasteiger partial charge in [-0.2, -0.15) is 0 Å². The Morgan fingerprint density at radius 1 is 0.559 bits per heavy atom. The molecular formula is C18H32Li2N2O8S4. The van der Waals surface area contributed by atoms with E-state index in [1.165, 1.54) is 0 Å². The number of hydrogen-bond acceptors (Lipinski definition) is 8. The summed E-state index contributed by atoms with van der Waals surface area (Å²) in [7, 11) is 0. The van der Waals surface area contributed by atoms with Crippen molar-refractivity contribution in [1.29, 1.82) is 0 Å². The van der Waals surface area contributed by atoms with E-state index < -0.39 is 23.9 Å². The van der Waals surface area contributed by atoms with Crippen molar-refractivity contribution in [3.63, 3.8) is 0 Å². The molecule has 0 amide bonds. The van der Waals surface area contributed by atoms with Crippen LogP contribution in [0, 0.1) is 0 Å². The Hall–Kier alpha value is -0.445. The van der Waals surface area contributed by atoms with Gasteiger partial charge >= 0.3 is 61.6 Å². The molecule has 0 aliphatic heterocycles. The maximum atomic E-state index is 10.2. The van der Waals surface area contributed by atoms with Crippen LogP contribution in [0.3, 0.4) is 0 Å². The first-order valence-electron chi connectivity index (χ1n) is 9.82. The van der Waals surface area contributed by atoms with E-state index in [1.807, 2.05) is 0 Å². The van der Waals surface area contributed by atoms with Gasteiger partial charge < -0.3 is 54.6 Å². The normalized spacial score (nSPS) is 9.41. The molecule has 16 heteroatoms. The largest absolute Gasteiger partial charge is 1.00 e. The van der Waals surface area contributed by atoms with E-state index in [2.05, 4.69) is 10.6 Å². The molecule has 0 aliphatic carbocycles. The quantitative estimate of drug-likeness (QED) is 0.0358. The molecule has 0 saturated carbocycles. The first-order valence-corrected chi connectivity index (χ1v) is 12.8. The molecule has 0 atom stereocenters. The average Bonchev–Trinajstić information content (AvgIpc) is 2.69. The number of thiol groups is 2. The summed E-state index contributed by atoms with van der Waals surface area (Å²) in [4.78, 5) is 40.8. The van der Waals surface area contributed by atoms with Crippen molar-refractivity contribution >= 4 is 80.5 Å². The summed E-state index contributed by atoms with van der Waals surface area (Å²) in [5, 5.41) is 39.4. The number of rotatable bonds is 16. The first kappa shape index (κ1) is 40.7. The summed E-state index contributed by atoms with van der Waals surface area (Å²) in [6.45, 7) is 1.11. The number of carbonyl (C=O) groups is 4. The van der Waals surface area contributed by atoms with Crippen LogP contribution in [0.15, 0.2) is 0 Å². The van der Waals surface area contributed by atoms with Crippen LogP contribution in [-0.2, 0) is 42.7 Å². The van der Waals surface area contributed by atoms with Crippen molar-refractivity contribution in [2.24, 2.45) is 0 Å². The summed E-state index contributed by atoms with van der Waals surface area (Å²) in [5.74, 6) is -1.78. The molecule has 188 valence electrons. The monoisotopic (exact) mass is 546 g/mol. The number of thiocarbonyl (C=S) groups is 2. The Bertz CT molecular complexity index is 531. The van der Waals surface area contributed by atoms with Crippen molar-refractivity contribution in [3.05, 3.63) is 0 Å². The molecule has 10 nitrogen and oxygen atoms in total. The molecule has 0 spiro atoms. The molecule has 0 rings (SSSR count). The van der Waals surface area contributed by atoms with Crippen LogP contribution in [0.5, 0.6) is 0 Å². The van der Waals surface area contributed by atoms with Crippen molar-refractivity contribution in [3.8, 4) is 0 Å².